The molecule has 2 aliphatic rings. The number of piperidine rings is 1. The number of nitrogens with zero attached hydrogens (tertiary/aromatic N) is 1. The third-order valence-electron chi connectivity index (χ3n) is 5.49. The van der Waals surface area contributed by atoms with Crippen LogP contribution in [0.4, 0.5) is 0 Å². The van der Waals surface area contributed by atoms with Gasteiger partial charge in [-0.05, 0) is 54.6 Å². The molecule has 0 aromatic heterocycles. The highest BCUT2D eigenvalue weighted by Gasteiger charge is 2.34. The number of nitrogens with one attached hydrogen (secondary N) is 1. The molecule has 0 bridgehead atoms. The zero-order valence-electron chi connectivity index (χ0n) is 12.8. The molecule has 2 aliphatic heterocycles. The van der Waals surface area contributed by atoms with E-state index in [1.165, 1.54) is 48.8 Å². The lowest BCUT2D eigenvalue weighted by Gasteiger charge is -2.38. The van der Waals surface area contributed by atoms with Crippen molar-refractivity contribution in [3.63, 3.8) is 0 Å². The van der Waals surface area contributed by atoms with Crippen molar-refractivity contribution in [2.75, 3.05) is 19.6 Å². The van der Waals surface area contributed by atoms with E-state index in [9.17, 15) is 0 Å². The van der Waals surface area contributed by atoms with Crippen LogP contribution in [-0.4, -0.2) is 30.6 Å². The molecule has 0 radical (unpaired) electrons. The quantitative estimate of drug-likeness (QED) is 0.904. The van der Waals surface area contributed by atoms with Crippen molar-refractivity contribution in [3.05, 3.63) is 48.0 Å². The highest BCUT2D eigenvalue weighted by molar-refractivity contribution is 5.83. The van der Waals surface area contributed by atoms with Crippen LogP contribution in [0.2, 0.25) is 0 Å². The molecule has 2 nitrogen and oxygen atoms in total. The van der Waals surface area contributed by atoms with E-state index in [0.717, 1.165) is 12.0 Å². The summed E-state index contributed by atoms with van der Waals surface area (Å²) in [5.74, 6) is 0.863. The number of likely N-dealkylation sites (tertiary alicyclic amines) is 1. The molecule has 0 spiro atoms. The van der Waals surface area contributed by atoms with Gasteiger partial charge in [0, 0.05) is 25.2 Å². The topological polar surface area (TPSA) is 15.3 Å². The fourth-order valence-corrected chi connectivity index (χ4v) is 4.11. The van der Waals surface area contributed by atoms with Crippen LogP contribution in [0.15, 0.2) is 42.5 Å². The maximum absolute atomic E-state index is 3.66. The standard InChI is InChI=1S/C19H24N2/c1-14(21-11-9-19-18(13-21)8-10-20-19)16-7-6-15-4-2-3-5-17(15)12-16/h2-7,12,14,18-20H,8-11,13H2,1H3. The number of hydrogen-bond donors (Lipinski definition) is 1. The molecule has 0 amide bonds. The van der Waals surface area contributed by atoms with Crippen molar-refractivity contribution in [2.24, 2.45) is 5.92 Å². The van der Waals surface area contributed by atoms with Crippen molar-refractivity contribution >= 4 is 10.8 Å². The van der Waals surface area contributed by atoms with Gasteiger partial charge in [0.2, 0.25) is 0 Å². The Labute approximate surface area is 127 Å². The van der Waals surface area contributed by atoms with E-state index in [-0.39, 0.29) is 0 Å². The molecular formula is C19H24N2. The van der Waals surface area contributed by atoms with E-state index in [2.05, 4.69) is 59.6 Å². The summed E-state index contributed by atoms with van der Waals surface area (Å²) in [7, 11) is 0. The molecule has 0 aliphatic carbocycles. The van der Waals surface area contributed by atoms with Crippen LogP contribution >= 0.6 is 0 Å². The zero-order valence-corrected chi connectivity index (χ0v) is 12.8. The molecule has 110 valence electrons. The second-order valence-electron chi connectivity index (χ2n) is 6.68. The SMILES string of the molecule is CC(c1ccc2ccccc2c1)N1CCC2NCCC2C1. The molecule has 2 heteroatoms. The minimum Gasteiger partial charge on any atom is -0.314 e. The van der Waals surface area contributed by atoms with Gasteiger partial charge in [-0.25, -0.2) is 0 Å². The third kappa shape index (κ3) is 2.47. The zero-order chi connectivity index (χ0) is 14.2. The predicted molar refractivity (Wildman–Crippen MR) is 88.5 cm³/mol. The second kappa shape index (κ2) is 5.43. The summed E-state index contributed by atoms with van der Waals surface area (Å²) in [5, 5.41) is 6.36. The highest BCUT2D eigenvalue weighted by Crippen LogP contribution is 2.31. The van der Waals surface area contributed by atoms with Crippen molar-refractivity contribution in [2.45, 2.75) is 31.8 Å². The summed E-state index contributed by atoms with van der Waals surface area (Å²) in [4.78, 5) is 2.68. The lowest BCUT2D eigenvalue weighted by molar-refractivity contribution is 0.122. The lowest BCUT2D eigenvalue weighted by atomic mass is 9.91. The first kappa shape index (κ1) is 13.3. The van der Waals surface area contributed by atoms with Gasteiger partial charge in [0.05, 0.1) is 0 Å². The molecule has 1 N–H and O–H groups in total. The van der Waals surface area contributed by atoms with Crippen molar-refractivity contribution < 1.29 is 0 Å². The van der Waals surface area contributed by atoms with E-state index < -0.39 is 0 Å². The van der Waals surface area contributed by atoms with Gasteiger partial charge >= 0.3 is 0 Å². The normalized spacial score (nSPS) is 27.7. The Morgan fingerprint density at radius 1 is 1.10 bits per heavy atom. The minimum absolute atomic E-state index is 0.524. The van der Waals surface area contributed by atoms with Crippen LogP contribution in [-0.2, 0) is 0 Å². The Morgan fingerprint density at radius 3 is 2.86 bits per heavy atom. The summed E-state index contributed by atoms with van der Waals surface area (Å²) in [6.07, 6.45) is 2.66. The fraction of sp³-hybridized carbons (Fsp3) is 0.474. The Hall–Kier alpha value is -1.38. The van der Waals surface area contributed by atoms with E-state index in [1.807, 2.05) is 0 Å². The van der Waals surface area contributed by atoms with Gasteiger partial charge < -0.3 is 5.32 Å². The number of benzene rings is 2. The van der Waals surface area contributed by atoms with Crippen LogP contribution in [0.1, 0.15) is 31.4 Å². The predicted octanol–water partition coefficient (Wildman–Crippen LogP) is 3.58. The number of hydrogen-bond acceptors (Lipinski definition) is 2. The molecular weight excluding hydrogens is 256 g/mol. The molecule has 2 aromatic carbocycles. The van der Waals surface area contributed by atoms with E-state index in [0.29, 0.717) is 6.04 Å². The first-order valence-electron chi connectivity index (χ1n) is 8.27. The van der Waals surface area contributed by atoms with Crippen molar-refractivity contribution in [1.82, 2.24) is 10.2 Å². The van der Waals surface area contributed by atoms with Crippen molar-refractivity contribution in [1.29, 1.82) is 0 Å². The molecule has 2 aromatic rings. The molecule has 4 rings (SSSR count). The van der Waals surface area contributed by atoms with E-state index >= 15 is 0 Å². The Balaban J connectivity index is 1.56. The van der Waals surface area contributed by atoms with Crippen LogP contribution in [0, 0.1) is 5.92 Å². The van der Waals surface area contributed by atoms with Gasteiger partial charge in [0.25, 0.3) is 0 Å². The Bertz CT molecular complexity index is 636. The van der Waals surface area contributed by atoms with E-state index in [4.69, 9.17) is 0 Å². The van der Waals surface area contributed by atoms with Gasteiger partial charge in [-0.3, -0.25) is 4.90 Å². The second-order valence-corrected chi connectivity index (χ2v) is 6.68. The fourth-order valence-electron chi connectivity index (χ4n) is 4.11. The van der Waals surface area contributed by atoms with Crippen LogP contribution < -0.4 is 5.32 Å². The first-order valence-corrected chi connectivity index (χ1v) is 8.27. The molecule has 3 unspecified atom stereocenters. The first-order chi connectivity index (χ1) is 10.3. The summed E-state index contributed by atoms with van der Waals surface area (Å²) in [6.45, 7) is 6.06. The van der Waals surface area contributed by atoms with Crippen LogP contribution in [0.5, 0.6) is 0 Å². The maximum Gasteiger partial charge on any atom is 0.0320 e. The maximum atomic E-state index is 3.66. The van der Waals surface area contributed by atoms with Gasteiger partial charge in [0.1, 0.15) is 0 Å². The minimum atomic E-state index is 0.524. The smallest absolute Gasteiger partial charge is 0.0320 e. The number of fused-ring (bicyclic) bond motifs is 2. The van der Waals surface area contributed by atoms with Crippen LogP contribution in [0.25, 0.3) is 10.8 Å². The van der Waals surface area contributed by atoms with Crippen LogP contribution in [0.3, 0.4) is 0 Å². The summed E-state index contributed by atoms with van der Waals surface area (Å²) in [5.41, 5.74) is 1.46. The average Bonchev–Trinajstić information content (AvgIpc) is 3.01. The summed E-state index contributed by atoms with van der Waals surface area (Å²) < 4.78 is 0. The molecule has 21 heavy (non-hydrogen) atoms. The third-order valence-corrected chi connectivity index (χ3v) is 5.49. The van der Waals surface area contributed by atoms with Gasteiger partial charge in [0.15, 0.2) is 0 Å². The lowest BCUT2D eigenvalue weighted by Crippen LogP contribution is -2.45. The highest BCUT2D eigenvalue weighted by atomic mass is 15.2. The summed E-state index contributed by atoms with van der Waals surface area (Å²) in [6, 6.07) is 16.9. The molecule has 2 heterocycles. The van der Waals surface area contributed by atoms with Crippen molar-refractivity contribution in [3.8, 4) is 0 Å². The van der Waals surface area contributed by atoms with Gasteiger partial charge in [-0.15, -0.1) is 0 Å². The Kier molecular flexibility index (Phi) is 3.44. The van der Waals surface area contributed by atoms with E-state index in [1.54, 1.807) is 0 Å². The largest absolute Gasteiger partial charge is 0.314 e. The Morgan fingerprint density at radius 2 is 1.95 bits per heavy atom. The molecule has 2 fully saturated rings. The molecule has 2 saturated heterocycles. The molecule has 3 atom stereocenters. The summed E-state index contributed by atoms with van der Waals surface area (Å²) >= 11 is 0. The molecule has 0 saturated carbocycles. The van der Waals surface area contributed by atoms with Gasteiger partial charge in [-0.1, -0.05) is 36.4 Å². The number of rotatable bonds is 2. The monoisotopic (exact) mass is 280 g/mol. The van der Waals surface area contributed by atoms with Gasteiger partial charge in [-0.2, -0.15) is 0 Å². The average molecular weight is 280 g/mol.